The van der Waals surface area contributed by atoms with Gasteiger partial charge in [-0.2, -0.15) is 5.10 Å². The fraction of sp³-hybridized carbons (Fsp3) is 0.429. The van der Waals surface area contributed by atoms with Crippen LogP contribution in [0.1, 0.15) is 35.6 Å². The summed E-state index contributed by atoms with van der Waals surface area (Å²) in [6.45, 7) is 6.92. The van der Waals surface area contributed by atoms with Gasteiger partial charge in [-0.3, -0.25) is 9.67 Å². The summed E-state index contributed by atoms with van der Waals surface area (Å²) < 4.78 is 3.07. The van der Waals surface area contributed by atoms with Crippen LogP contribution in [-0.2, 0) is 13.0 Å². The molecule has 0 aliphatic rings. The molecule has 0 bridgehead atoms. The van der Waals surface area contributed by atoms with Gasteiger partial charge in [0.1, 0.15) is 0 Å². The van der Waals surface area contributed by atoms with E-state index in [1.807, 2.05) is 36.9 Å². The largest absolute Gasteiger partial charge is 0.324 e. The molecule has 5 heteroatoms. The van der Waals surface area contributed by atoms with Gasteiger partial charge in [-0.05, 0) is 54.4 Å². The zero-order valence-corrected chi connectivity index (χ0v) is 13.1. The smallest absolute Gasteiger partial charge is 0.0738 e. The summed E-state index contributed by atoms with van der Waals surface area (Å²) in [6, 6.07) is 3.97. The number of aromatic nitrogens is 3. The van der Waals surface area contributed by atoms with Crippen molar-refractivity contribution in [3.63, 3.8) is 0 Å². The lowest BCUT2D eigenvalue weighted by Crippen LogP contribution is -2.16. The van der Waals surface area contributed by atoms with Crippen LogP contribution in [0.4, 0.5) is 0 Å². The summed E-state index contributed by atoms with van der Waals surface area (Å²) in [5, 5.41) is 4.49. The highest BCUT2D eigenvalue weighted by Crippen LogP contribution is 2.25. The maximum Gasteiger partial charge on any atom is 0.0738 e. The van der Waals surface area contributed by atoms with Crippen LogP contribution >= 0.6 is 15.9 Å². The third kappa shape index (κ3) is 3.04. The van der Waals surface area contributed by atoms with Crippen molar-refractivity contribution in [1.29, 1.82) is 0 Å². The van der Waals surface area contributed by atoms with Gasteiger partial charge < -0.3 is 5.73 Å². The molecule has 2 aromatic heterocycles. The summed E-state index contributed by atoms with van der Waals surface area (Å²) in [4.78, 5) is 4.20. The number of aryl methyl sites for hydroxylation is 3. The first-order chi connectivity index (χ1) is 9.02. The number of hydrogen-bond donors (Lipinski definition) is 1. The van der Waals surface area contributed by atoms with Crippen LogP contribution in [0.3, 0.4) is 0 Å². The molecule has 102 valence electrons. The van der Waals surface area contributed by atoms with E-state index in [9.17, 15) is 0 Å². The summed E-state index contributed by atoms with van der Waals surface area (Å²) in [7, 11) is 0. The highest BCUT2D eigenvalue weighted by molar-refractivity contribution is 9.10. The Morgan fingerprint density at radius 2 is 2.16 bits per heavy atom. The molecule has 0 saturated heterocycles. The molecule has 2 heterocycles. The van der Waals surface area contributed by atoms with E-state index in [2.05, 4.69) is 32.9 Å². The van der Waals surface area contributed by atoms with Crippen molar-refractivity contribution in [3.05, 3.63) is 45.4 Å². The van der Waals surface area contributed by atoms with Crippen LogP contribution in [0.5, 0.6) is 0 Å². The standard InChI is InChI=1S/C14H19BrN4/c1-4-19-13(14(15)10(3)18-19)8-12(16)11-5-6-17-9(2)7-11/h5-7,12H,4,8,16H2,1-3H3. The lowest BCUT2D eigenvalue weighted by atomic mass is 10.0. The second kappa shape index (κ2) is 5.84. The van der Waals surface area contributed by atoms with Crippen molar-refractivity contribution in [2.24, 2.45) is 5.73 Å². The number of hydrogen-bond acceptors (Lipinski definition) is 3. The Kier molecular flexibility index (Phi) is 4.37. The van der Waals surface area contributed by atoms with Gasteiger partial charge in [-0.15, -0.1) is 0 Å². The molecule has 2 N–H and O–H groups in total. The van der Waals surface area contributed by atoms with Crippen molar-refractivity contribution >= 4 is 15.9 Å². The number of pyridine rings is 1. The first-order valence-corrected chi connectivity index (χ1v) is 7.22. The Morgan fingerprint density at radius 3 is 2.79 bits per heavy atom. The molecule has 1 unspecified atom stereocenters. The molecule has 0 amide bonds. The minimum Gasteiger partial charge on any atom is -0.324 e. The van der Waals surface area contributed by atoms with Gasteiger partial charge in [-0.25, -0.2) is 0 Å². The predicted molar refractivity (Wildman–Crippen MR) is 79.9 cm³/mol. The van der Waals surface area contributed by atoms with Gasteiger partial charge in [0, 0.05) is 30.9 Å². The van der Waals surface area contributed by atoms with E-state index >= 15 is 0 Å². The quantitative estimate of drug-likeness (QED) is 0.941. The Hall–Kier alpha value is -1.20. The summed E-state index contributed by atoms with van der Waals surface area (Å²) >= 11 is 3.61. The third-order valence-corrected chi connectivity index (χ3v) is 4.25. The second-order valence-corrected chi connectivity index (χ2v) is 5.50. The lowest BCUT2D eigenvalue weighted by molar-refractivity contribution is 0.586. The van der Waals surface area contributed by atoms with Gasteiger partial charge in [0.15, 0.2) is 0 Å². The number of rotatable bonds is 4. The van der Waals surface area contributed by atoms with Crippen molar-refractivity contribution in [2.45, 2.75) is 39.8 Å². The van der Waals surface area contributed by atoms with E-state index in [0.29, 0.717) is 0 Å². The molecule has 4 nitrogen and oxygen atoms in total. The van der Waals surface area contributed by atoms with Gasteiger partial charge in [0.2, 0.25) is 0 Å². The number of nitrogens with zero attached hydrogens (tertiary/aromatic N) is 3. The van der Waals surface area contributed by atoms with Gasteiger partial charge in [0.25, 0.3) is 0 Å². The topological polar surface area (TPSA) is 56.7 Å². The SMILES string of the molecule is CCn1nc(C)c(Br)c1CC(N)c1ccnc(C)c1. The molecule has 0 aromatic carbocycles. The first kappa shape index (κ1) is 14.2. The Bertz CT molecular complexity index is 577. The summed E-state index contributed by atoms with van der Waals surface area (Å²) in [5.41, 5.74) is 10.6. The normalized spacial score (nSPS) is 12.7. The highest BCUT2D eigenvalue weighted by Gasteiger charge is 2.16. The van der Waals surface area contributed by atoms with Crippen molar-refractivity contribution in [1.82, 2.24) is 14.8 Å². The number of nitrogens with two attached hydrogens (primary N) is 1. The monoisotopic (exact) mass is 322 g/mol. The van der Waals surface area contributed by atoms with E-state index < -0.39 is 0 Å². The van der Waals surface area contributed by atoms with Crippen LogP contribution in [0.15, 0.2) is 22.8 Å². The van der Waals surface area contributed by atoms with E-state index in [4.69, 9.17) is 5.73 Å². The second-order valence-electron chi connectivity index (χ2n) is 4.70. The Labute approximate surface area is 122 Å². The molecule has 2 rings (SSSR count). The minimum atomic E-state index is -0.0422. The minimum absolute atomic E-state index is 0.0422. The van der Waals surface area contributed by atoms with Gasteiger partial charge in [0.05, 0.1) is 15.9 Å². The molecule has 0 saturated carbocycles. The van der Waals surface area contributed by atoms with Crippen molar-refractivity contribution in [3.8, 4) is 0 Å². The molecule has 0 aliphatic carbocycles. The Balaban J connectivity index is 2.26. The predicted octanol–water partition coefficient (Wildman–Crippen LogP) is 2.92. The lowest BCUT2D eigenvalue weighted by Gasteiger charge is -2.14. The van der Waals surface area contributed by atoms with E-state index in [-0.39, 0.29) is 6.04 Å². The molecule has 19 heavy (non-hydrogen) atoms. The van der Waals surface area contributed by atoms with Crippen LogP contribution in [0, 0.1) is 13.8 Å². The van der Waals surface area contributed by atoms with Gasteiger partial charge in [-0.1, -0.05) is 0 Å². The maximum atomic E-state index is 6.31. The van der Waals surface area contributed by atoms with E-state index in [0.717, 1.165) is 40.1 Å². The zero-order valence-electron chi connectivity index (χ0n) is 11.5. The van der Waals surface area contributed by atoms with Gasteiger partial charge >= 0.3 is 0 Å². The molecule has 0 spiro atoms. The van der Waals surface area contributed by atoms with Crippen LogP contribution in [0.2, 0.25) is 0 Å². The van der Waals surface area contributed by atoms with Crippen LogP contribution in [-0.4, -0.2) is 14.8 Å². The first-order valence-electron chi connectivity index (χ1n) is 6.42. The fourth-order valence-corrected chi connectivity index (χ4v) is 2.63. The van der Waals surface area contributed by atoms with E-state index in [1.54, 1.807) is 0 Å². The molecule has 0 fully saturated rings. The Morgan fingerprint density at radius 1 is 1.42 bits per heavy atom. The molecule has 1 atom stereocenters. The van der Waals surface area contributed by atoms with Crippen LogP contribution in [0.25, 0.3) is 0 Å². The third-order valence-electron chi connectivity index (χ3n) is 3.21. The van der Waals surface area contributed by atoms with Crippen molar-refractivity contribution < 1.29 is 0 Å². The molecule has 2 aromatic rings. The highest BCUT2D eigenvalue weighted by atomic mass is 79.9. The van der Waals surface area contributed by atoms with Crippen LogP contribution < -0.4 is 5.73 Å². The molecular weight excluding hydrogens is 304 g/mol. The number of halogens is 1. The van der Waals surface area contributed by atoms with Crippen molar-refractivity contribution in [2.75, 3.05) is 0 Å². The average molecular weight is 323 g/mol. The molecule has 0 aliphatic heterocycles. The van der Waals surface area contributed by atoms with E-state index in [1.165, 1.54) is 0 Å². The molecular formula is C14H19BrN4. The fourth-order valence-electron chi connectivity index (χ4n) is 2.19. The summed E-state index contributed by atoms with van der Waals surface area (Å²) in [5.74, 6) is 0. The average Bonchev–Trinajstić information content (AvgIpc) is 2.66. The molecule has 0 radical (unpaired) electrons. The maximum absolute atomic E-state index is 6.31. The summed E-state index contributed by atoms with van der Waals surface area (Å²) in [6.07, 6.45) is 2.57. The zero-order chi connectivity index (χ0) is 14.0.